The molecule has 80 valence electrons. The highest BCUT2D eigenvalue weighted by Gasteiger charge is 2.03. The Bertz CT molecular complexity index is 106. The Hall–Kier alpha value is 0.250. The van der Waals surface area contributed by atoms with Crippen LogP contribution in [0.5, 0.6) is 0 Å². The number of rotatable bonds is 8. The summed E-state index contributed by atoms with van der Waals surface area (Å²) >= 11 is 6.10. The van der Waals surface area contributed by atoms with Gasteiger partial charge in [0.15, 0.2) is 0 Å². The van der Waals surface area contributed by atoms with Gasteiger partial charge in [-0.3, -0.25) is 0 Å². The van der Waals surface area contributed by atoms with Gasteiger partial charge >= 0.3 is 0 Å². The zero-order chi connectivity index (χ0) is 10.1. The lowest BCUT2D eigenvalue weighted by molar-refractivity contribution is 0.528. The van der Waals surface area contributed by atoms with Crippen molar-refractivity contribution in [3.8, 4) is 0 Å². The standard InChI is InChI=1S/C11H24ClN/c1-3-7-10(12)8-5-6-9-11(13)4-2/h10-11H,3-9,13H2,1-2H3. The minimum absolute atomic E-state index is 0.392. The summed E-state index contributed by atoms with van der Waals surface area (Å²) in [5.41, 5.74) is 5.82. The van der Waals surface area contributed by atoms with E-state index in [9.17, 15) is 0 Å². The summed E-state index contributed by atoms with van der Waals surface area (Å²) in [6, 6.07) is 0.403. The molecule has 0 saturated heterocycles. The van der Waals surface area contributed by atoms with Crippen LogP contribution < -0.4 is 5.73 Å². The summed E-state index contributed by atoms with van der Waals surface area (Å²) in [4.78, 5) is 0. The zero-order valence-corrected chi connectivity index (χ0v) is 9.82. The van der Waals surface area contributed by atoms with E-state index >= 15 is 0 Å². The van der Waals surface area contributed by atoms with Crippen LogP contribution in [0.3, 0.4) is 0 Å². The molecule has 0 aliphatic carbocycles. The van der Waals surface area contributed by atoms with Crippen molar-refractivity contribution in [1.29, 1.82) is 0 Å². The maximum absolute atomic E-state index is 6.10. The van der Waals surface area contributed by atoms with Crippen molar-refractivity contribution in [2.24, 2.45) is 5.73 Å². The second kappa shape index (κ2) is 8.83. The molecule has 0 bridgehead atoms. The van der Waals surface area contributed by atoms with Gasteiger partial charge in [0.1, 0.15) is 0 Å². The Labute approximate surface area is 88.0 Å². The Kier molecular flexibility index (Phi) is 9.00. The molecule has 0 rings (SSSR count). The lowest BCUT2D eigenvalue weighted by Crippen LogP contribution is -2.18. The summed E-state index contributed by atoms with van der Waals surface area (Å²) in [5, 5.41) is 0.392. The molecule has 0 aromatic carbocycles. The van der Waals surface area contributed by atoms with Crippen molar-refractivity contribution >= 4 is 11.6 Å². The molecular formula is C11H24ClN. The van der Waals surface area contributed by atoms with Crippen LogP contribution in [0.25, 0.3) is 0 Å². The van der Waals surface area contributed by atoms with E-state index in [1.54, 1.807) is 0 Å². The summed E-state index contributed by atoms with van der Waals surface area (Å²) in [5.74, 6) is 0. The van der Waals surface area contributed by atoms with Gasteiger partial charge in [0.25, 0.3) is 0 Å². The molecule has 2 heteroatoms. The number of unbranched alkanes of at least 4 members (excludes halogenated alkanes) is 1. The predicted molar refractivity (Wildman–Crippen MR) is 61.3 cm³/mol. The van der Waals surface area contributed by atoms with Crippen molar-refractivity contribution in [3.05, 3.63) is 0 Å². The largest absolute Gasteiger partial charge is 0.328 e. The van der Waals surface area contributed by atoms with Crippen LogP contribution >= 0.6 is 11.6 Å². The van der Waals surface area contributed by atoms with E-state index in [0.717, 1.165) is 25.7 Å². The molecule has 2 N–H and O–H groups in total. The van der Waals surface area contributed by atoms with Crippen molar-refractivity contribution < 1.29 is 0 Å². The molecule has 0 aliphatic rings. The minimum atomic E-state index is 0.392. The lowest BCUT2D eigenvalue weighted by atomic mass is 10.0. The zero-order valence-electron chi connectivity index (χ0n) is 9.06. The molecule has 0 aromatic heterocycles. The highest BCUT2D eigenvalue weighted by atomic mass is 35.5. The highest BCUT2D eigenvalue weighted by Crippen LogP contribution is 2.14. The summed E-state index contributed by atoms with van der Waals surface area (Å²) < 4.78 is 0. The molecule has 0 aromatic rings. The van der Waals surface area contributed by atoms with Crippen LogP contribution in [0.2, 0.25) is 0 Å². The maximum Gasteiger partial charge on any atom is 0.0336 e. The fourth-order valence-electron chi connectivity index (χ4n) is 1.43. The Morgan fingerprint density at radius 1 is 1.08 bits per heavy atom. The molecule has 0 amide bonds. The molecule has 0 heterocycles. The molecule has 0 spiro atoms. The van der Waals surface area contributed by atoms with E-state index in [-0.39, 0.29) is 0 Å². The molecule has 13 heavy (non-hydrogen) atoms. The topological polar surface area (TPSA) is 26.0 Å². The van der Waals surface area contributed by atoms with Crippen molar-refractivity contribution in [3.63, 3.8) is 0 Å². The first kappa shape index (κ1) is 13.2. The number of alkyl halides is 1. The van der Waals surface area contributed by atoms with E-state index < -0.39 is 0 Å². The van der Waals surface area contributed by atoms with Crippen LogP contribution in [0.1, 0.15) is 58.8 Å². The molecule has 2 unspecified atom stereocenters. The van der Waals surface area contributed by atoms with Crippen LogP contribution in [-0.4, -0.2) is 11.4 Å². The molecule has 0 radical (unpaired) electrons. The smallest absolute Gasteiger partial charge is 0.0336 e. The molecule has 0 aliphatic heterocycles. The van der Waals surface area contributed by atoms with Gasteiger partial charge in [0.2, 0.25) is 0 Å². The Balaban J connectivity index is 3.15. The first-order valence-corrected chi connectivity index (χ1v) is 6.04. The van der Waals surface area contributed by atoms with Gasteiger partial charge in [-0.25, -0.2) is 0 Å². The van der Waals surface area contributed by atoms with E-state index in [1.807, 2.05) is 0 Å². The third kappa shape index (κ3) is 8.58. The SMILES string of the molecule is CCCC(Cl)CCCCC(N)CC. The van der Waals surface area contributed by atoms with E-state index in [1.165, 1.54) is 19.3 Å². The molecule has 2 atom stereocenters. The third-order valence-corrected chi connectivity index (χ3v) is 2.90. The van der Waals surface area contributed by atoms with E-state index in [2.05, 4.69) is 13.8 Å². The number of nitrogens with two attached hydrogens (primary N) is 1. The first-order valence-electron chi connectivity index (χ1n) is 5.60. The second-order valence-electron chi connectivity index (χ2n) is 3.84. The second-order valence-corrected chi connectivity index (χ2v) is 4.46. The minimum Gasteiger partial charge on any atom is -0.328 e. The van der Waals surface area contributed by atoms with Gasteiger partial charge in [-0.05, 0) is 25.7 Å². The van der Waals surface area contributed by atoms with Gasteiger partial charge in [0.05, 0.1) is 0 Å². The fraction of sp³-hybridized carbons (Fsp3) is 1.00. The van der Waals surface area contributed by atoms with Crippen LogP contribution in [0.15, 0.2) is 0 Å². The third-order valence-electron chi connectivity index (χ3n) is 2.47. The van der Waals surface area contributed by atoms with Gasteiger partial charge in [-0.1, -0.05) is 33.1 Å². The van der Waals surface area contributed by atoms with Gasteiger partial charge < -0.3 is 5.73 Å². The van der Waals surface area contributed by atoms with Gasteiger partial charge in [-0.15, -0.1) is 11.6 Å². The van der Waals surface area contributed by atoms with Crippen molar-refractivity contribution in [2.45, 2.75) is 70.2 Å². The van der Waals surface area contributed by atoms with Gasteiger partial charge in [-0.2, -0.15) is 0 Å². The molecule has 0 saturated carbocycles. The molecule has 1 nitrogen and oxygen atoms in total. The summed E-state index contributed by atoms with van der Waals surface area (Å²) in [7, 11) is 0. The van der Waals surface area contributed by atoms with Crippen LogP contribution in [0, 0.1) is 0 Å². The Morgan fingerprint density at radius 3 is 2.23 bits per heavy atom. The predicted octanol–water partition coefficient (Wildman–Crippen LogP) is 3.69. The highest BCUT2D eigenvalue weighted by molar-refractivity contribution is 6.20. The van der Waals surface area contributed by atoms with Crippen molar-refractivity contribution in [1.82, 2.24) is 0 Å². The average Bonchev–Trinajstić information content (AvgIpc) is 2.12. The normalized spacial score (nSPS) is 15.7. The first-order chi connectivity index (χ1) is 6.20. The lowest BCUT2D eigenvalue weighted by Gasteiger charge is -2.10. The van der Waals surface area contributed by atoms with Crippen LogP contribution in [-0.2, 0) is 0 Å². The summed E-state index contributed by atoms with van der Waals surface area (Å²) in [6.07, 6.45) is 8.24. The fourth-order valence-corrected chi connectivity index (χ4v) is 1.81. The van der Waals surface area contributed by atoms with E-state index in [0.29, 0.717) is 11.4 Å². The Morgan fingerprint density at radius 2 is 1.69 bits per heavy atom. The molecule has 0 fully saturated rings. The number of hydrogen-bond acceptors (Lipinski definition) is 1. The monoisotopic (exact) mass is 205 g/mol. The van der Waals surface area contributed by atoms with Crippen LogP contribution in [0.4, 0.5) is 0 Å². The quantitative estimate of drug-likeness (QED) is 0.475. The maximum atomic E-state index is 6.10. The van der Waals surface area contributed by atoms with Gasteiger partial charge in [0, 0.05) is 11.4 Å². The van der Waals surface area contributed by atoms with E-state index in [4.69, 9.17) is 17.3 Å². The molecular weight excluding hydrogens is 182 g/mol. The van der Waals surface area contributed by atoms with Crippen molar-refractivity contribution in [2.75, 3.05) is 0 Å². The number of hydrogen-bond donors (Lipinski definition) is 1. The number of halogens is 1. The average molecular weight is 206 g/mol. The summed E-state index contributed by atoms with van der Waals surface area (Å²) in [6.45, 7) is 4.33.